The van der Waals surface area contributed by atoms with Crippen LogP contribution in [0.3, 0.4) is 0 Å². The maximum atomic E-state index is 12.8. The molecule has 8 heteroatoms. The Morgan fingerprint density at radius 3 is 2.84 bits per heavy atom. The van der Waals surface area contributed by atoms with Crippen molar-refractivity contribution < 1.29 is 8.42 Å². The van der Waals surface area contributed by atoms with Gasteiger partial charge in [-0.15, -0.1) is 0 Å². The third-order valence-corrected chi connectivity index (χ3v) is 6.60. The summed E-state index contributed by atoms with van der Waals surface area (Å²) in [5.74, 6) is 0.613. The molecule has 4 rings (SSSR count). The molecule has 0 N–H and O–H groups in total. The van der Waals surface area contributed by atoms with Gasteiger partial charge < -0.3 is 4.57 Å². The number of imidazole rings is 1. The Labute approximate surface area is 146 Å². The standard InChI is InChI=1S/C17H21N5O2S/c1-4-25(23,24)15-13-7-5-6-8-22(13)20-14(15)17-19-12-9-11(2)10-18-16(12)21(17)3/h9-10H,4-8H2,1-3H3. The van der Waals surface area contributed by atoms with E-state index in [4.69, 9.17) is 0 Å². The van der Waals surface area contributed by atoms with Gasteiger partial charge in [-0.05, 0) is 37.8 Å². The van der Waals surface area contributed by atoms with Crippen molar-refractivity contribution in [2.75, 3.05) is 5.75 Å². The zero-order valence-corrected chi connectivity index (χ0v) is 15.5. The zero-order valence-electron chi connectivity index (χ0n) is 14.7. The van der Waals surface area contributed by atoms with Gasteiger partial charge in [-0.25, -0.2) is 18.4 Å². The van der Waals surface area contributed by atoms with Gasteiger partial charge in [0, 0.05) is 19.8 Å². The molecule has 7 nitrogen and oxygen atoms in total. The number of rotatable bonds is 3. The minimum absolute atomic E-state index is 0.0555. The van der Waals surface area contributed by atoms with Gasteiger partial charge in [-0.3, -0.25) is 4.68 Å². The number of aryl methyl sites for hydroxylation is 3. The van der Waals surface area contributed by atoms with E-state index in [1.165, 1.54) is 0 Å². The Hall–Kier alpha value is -2.22. The Bertz CT molecular complexity index is 1080. The van der Waals surface area contributed by atoms with Crippen molar-refractivity contribution in [1.29, 1.82) is 0 Å². The summed E-state index contributed by atoms with van der Waals surface area (Å²) in [6.07, 6.45) is 4.53. The normalized spacial score (nSPS) is 14.8. The van der Waals surface area contributed by atoms with Gasteiger partial charge in [0.25, 0.3) is 0 Å². The first-order valence-electron chi connectivity index (χ1n) is 8.54. The molecule has 3 aromatic heterocycles. The summed E-state index contributed by atoms with van der Waals surface area (Å²) in [6.45, 7) is 4.39. The van der Waals surface area contributed by atoms with Crippen LogP contribution in [0.2, 0.25) is 0 Å². The molecule has 1 aliphatic heterocycles. The summed E-state index contributed by atoms with van der Waals surface area (Å²) in [4.78, 5) is 9.44. The van der Waals surface area contributed by atoms with Crippen molar-refractivity contribution in [1.82, 2.24) is 24.3 Å². The Balaban J connectivity index is 2.03. The lowest BCUT2D eigenvalue weighted by molar-refractivity contribution is 0.481. The van der Waals surface area contributed by atoms with E-state index in [9.17, 15) is 8.42 Å². The van der Waals surface area contributed by atoms with Crippen LogP contribution in [-0.2, 0) is 29.9 Å². The molecule has 3 aromatic rings. The van der Waals surface area contributed by atoms with E-state index in [0.29, 0.717) is 16.4 Å². The van der Waals surface area contributed by atoms with E-state index in [0.717, 1.165) is 48.2 Å². The number of sulfone groups is 1. The fourth-order valence-corrected chi connectivity index (χ4v) is 4.75. The molecule has 0 aliphatic carbocycles. The van der Waals surface area contributed by atoms with Crippen molar-refractivity contribution in [3.8, 4) is 11.5 Å². The van der Waals surface area contributed by atoms with Gasteiger partial charge in [0.15, 0.2) is 21.3 Å². The fraction of sp³-hybridized carbons (Fsp3) is 0.471. The molecule has 0 unspecified atom stereocenters. The predicted octanol–water partition coefficient (Wildman–Crippen LogP) is 2.27. The topological polar surface area (TPSA) is 82.7 Å². The summed E-state index contributed by atoms with van der Waals surface area (Å²) < 4.78 is 29.3. The Morgan fingerprint density at radius 2 is 2.08 bits per heavy atom. The van der Waals surface area contributed by atoms with Gasteiger partial charge in [-0.1, -0.05) is 6.92 Å². The monoisotopic (exact) mass is 359 g/mol. The van der Waals surface area contributed by atoms with Gasteiger partial charge in [0.05, 0.1) is 11.4 Å². The highest BCUT2D eigenvalue weighted by atomic mass is 32.2. The first-order valence-corrected chi connectivity index (χ1v) is 10.2. The van der Waals surface area contributed by atoms with Crippen LogP contribution in [-0.4, -0.2) is 38.5 Å². The molecule has 0 radical (unpaired) electrons. The number of hydrogen-bond acceptors (Lipinski definition) is 5. The van der Waals surface area contributed by atoms with Crippen molar-refractivity contribution in [2.45, 2.75) is 44.6 Å². The maximum Gasteiger partial charge on any atom is 0.182 e. The van der Waals surface area contributed by atoms with Crippen molar-refractivity contribution in [3.05, 3.63) is 23.5 Å². The highest BCUT2D eigenvalue weighted by molar-refractivity contribution is 7.91. The highest BCUT2D eigenvalue weighted by Crippen LogP contribution is 2.33. The second-order valence-electron chi connectivity index (χ2n) is 6.56. The quantitative estimate of drug-likeness (QED) is 0.716. The van der Waals surface area contributed by atoms with Crippen LogP contribution in [0.4, 0.5) is 0 Å². The molecule has 0 aromatic carbocycles. The molecule has 0 spiro atoms. The second-order valence-corrected chi connectivity index (χ2v) is 8.77. The molecule has 132 valence electrons. The number of nitrogens with zero attached hydrogens (tertiary/aromatic N) is 5. The first kappa shape index (κ1) is 16.3. The molecular formula is C17H21N5O2S. The molecule has 0 amide bonds. The van der Waals surface area contributed by atoms with Gasteiger partial charge in [0.1, 0.15) is 16.1 Å². The summed E-state index contributed by atoms with van der Waals surface area (Å²) in [7, 11) is -1.54. The molecular weight excluding hydrogens is 338 g/mol. The molecule has 0 saturated carbocycles. The summed E-state index contributed by atoms with van der Waals surface area (Å²) in [5.41, 5.74) is 3.77. The highest BCUT2D eigenvalue weighted by Gasteiger charge is 2.31. The summed E-state index contributed by atoms with van der Waals surface area (Å²) >= 11 is 0. The van der Waals surface area contributed by atoms with Crippen LogP contribution in [0, 0.1) is 6.92 Å². The number of hydrogen-bond donors (Lipinski definition) is 0. The van der Waals surface area contributed by atoms with Crippen LogP contribution in [0.25, 0.3) is 22.7 Å². The fourth-order valence-electron chi connectivity index (χ4n) is 3.47. The number of fused-ring (bicyclic) bond motifs is 2. The van der Waals surface area contributed by atoms with Gasteiger partial charge in [-0.2, -0.15) is 5.10 Å². The summed E-state index contributed by atoms with van der Waals surface area (Å²) in [5, 5.41) is 4.64. The van der Waals surface area contributed by atoms with Crippen LogP contribution in [0.1, 0.15) is 31.0 Å². The van der Waals surface area contributed by atoms with Crippen molar-refractivity contribution in [3.63, 3.8) is 0 Å². The second kappa shape index (κ2) is 5.66. The van der Waals surface area contributed by atoms with Gasteiger partial charge >= 0.3 is 0 Å². The van der Waals surface area contributed by atoms with E-state index in [-0.39, 0.29) is 5.75 Å². The third kappa shape index (κ3) is 2.47. The lowest BCUT2D eigenvalue weighted by Gasteiger charge is -2.14. The molecule has 0 fully saturated rings. The van der Waals surface area contributed by atoms with Crippen molar-refractivity contribution >= 4 is 21.0 Å². The molecule has 25 heavy (non-hydrogen) atoms. The SMILES string of the molecule is CCS(=O)(=O)c1c(-c2nc3cc(C)cnc3n2C)nn2c1CCCC2. The molecule has 0 saturated heterocycles. The minimum Gasteiger partial charge on any atom is -0.310 e. The largest absolute Gasteiger partial charge is 0.310 e. The summed E-state index contributed by atoms with van der Waals surface area (Å²) in [6, 6.07) is 1.95. The third-order valence-electron chi connectivity index (χ3n) is 4.79. The smallest absolute Gasteiger partial charge is 0.182 e. The van der Waals surface area contributed by atoms with E-state index in [1.807, 2.05) is 29.3 Å². The van der Waals surface area contributed by atoms with E-state index >= 15 is 0 Å². The average molecular weight is 359 g/mol. The average Bonchev–Trinajstić information content (AvgIpc) is 3.13. The number of aromatic nitrogens is 5. The zero-order chi connectivity index (χ0) is 17.8. The molecule has 4 heterocycles. The first-order chi connectivity index (χ1) is 11.9. The van der Waals surface area contributed by atoms with E-state index in [2.05, 4.69) is 15.1 Å². The lowest BCUT2D eigenvalue weighted by atomic mass is 10.1. The van der Waals surface area contributed by atoms with Gasteiger partial charge in [0.2, 0.25) is 0 Å². The Morgan fingerprint density at radius 1 is 1.28 bits per heavy atom. The molecule has 1 aliphatic rings. The number of pyridine rings is 1. The minimum atomic E-state index is -3.39. The van der Waals surface area contributed by atoms with Crippen LogP contribution >= 0.6 is 0 Å². The van der Waals surface area contributed by atoms with E-state index in [1.54, 1.807) is 13.1 Å². The molecule has 0 atom stereocenters. The predicted molar refractivity (Wildman–Crippen MR) is 95.1 cm³/mol. The molecule has 0 bridgehead atoms. The lowest BCUT2D eigenvalue weighted by Crippen LogP contribution is -2.14. The van der Waals surface area contributed by atoms with Crippen LogP contribution < -0.4 is 0 Å². The Kier molecular flexibility index (Phi) is 3.68. The van der Waals surface area contributed by atoms with Crippen molar-refractivity contribution in [2.24, 2.45) is 7.05 Å². The van der Waals surface area contributed by atoms with Crippen LogP contribution in [0.15, 0.2) is 17.2 Å². The maximum absolute atomic E-state index is 12.8. The van der Waals surface area contributed by atoms with Crippen LogP contribution in [0.5, 0.6) is 0 Å². The van der Waals surface area contributed by atoms with E-state index < -0.39 is 9.84 Å².